The molecule has 0 aliphatic carbocycles. The fourth-order valence-electron chi connectivity index (χ4n) is 2.85. The van der Waals surface area contributed by atoms with Crippen LogP contribution in [0.1, 0.15) is 36.5 Å². The van der Waals surface area contributed by atoms with Crippen LogP contribution in [-0.2, 0) is 16.1 Å². The minimum absolute atomic E-state index is 0.0151. The first-order valence-electron chi connectivity index (χ1n) is 7.55. The van der Waals surface area contributed by atoms with Gasteiger partial charge in [-0.25, -0.2) is 0 Å². The number of aryl methyl sites for hydroxylation is 2. The van der Waals surface area contributed by atoms with Crippen molar-refractivity contribution < 1.29 is 9.53 Å². The molecular weight excluding hydrogens is 250 g/mol. The van der Waals surface area contributed by atoms with Crippen molar-refractivity contribution >= 4 is 5.97 Å². The Kier molecular flexibility index (Phi) is 5.18. The number of esters is 1. The molecule has 3 nitrogen and oxygen atoms in total. The normalized spacial score (nSPS) is 17.1. The van der Waals surface area contributed by atoms with E-state index in [-0.39, 0.29) is 11.9 Å². The summed E-state index contributed by atoms with van der Waals surface area (Å²) < 4.78 is 5.11. The molecule has 0 amide bonds. The van der Waals surface area contributed by atoms with E-state index in [2.05, 4.69) is 36.9 Å². The predicted molar refractivity (Wildman–Crippen MR) is 80.6 cm³/mol. The zero-order chi connectivity index (χ0) is 14.5. The van der Waals surface area contributed by atoms with Crippen LogP contribution in [0.25, 0.3) is 0 Å². The molecule has 0 atom stereocenters. The van der Waals surface area contributed by atoms with E-state index in [1.807, 2.05) is 6.92 Å². The van der Waals surface area contributed by atoms with Crippen LogP contribution in [-0.4, -0.2) is 30.6 Å². The molecule has 1 aromatic carbocycles. The number of carbonyl (C=O) groups is 1. The minimum atomic E-state index is -0.0151. The van der Waals surface area contributed by atoms with E-state index in [9.17, 15) is 4.79 Å². The Hall–Kier alpha value is -1.35. The van der Waals surface area contributed by atoms with Crippen LogP contribution in [0, 0.1) is 19.8 Å². The molecule has 20 heavy (non-hydrogen) atoms. The third kappa shape index (κ3) is 3.83. The van der Waals surface area contributed by atoms with E-state index in [0.29, 0.717) is 6.61 Å². The van der Waals surface area contributed by atoms with E-state index in [1.54, 1.807) is 0 Å². The zero-order valence-electron chi connectivity index (χ0n) is 12.8. The maximum absolute atomic E-state index is 11.7. The highest BCUT2D eigenvalue weighted by Crippen LogP contribution is 2.21. The lowest BCUT2D eigenvalue weighted by molar-refractivity contribution is -0.149. The topological polar surface area (TPSA) is 29.5 Å². The number of ether oxygens (including phenoxy) is 1. The highest BCUT2D eigenvalue weighted by molar-refractivity contribution is 5.72. The van der Waals surface area contributed by atoms with Gasteiger partial charge in [0.05, 0.1) is 12.5 Å². The van der Waals surface area contributed by atoms with E-state index < -0.39 is 0 Å². The van der Waals surface area contributed by atoms with Gasteiger partial charge in [-0.2, -0.15) is 0 Å². The molecule has 1 aliphatic heterocycles. The first-order chi connectivity index (χ1) is 9.60. The summed E-state index contributed by atoms with van der Waals surface area (Å²) in [6, 6.07) is 6.64. The molecule has 110 valence electrons. The van der Waals surface area contributed by atoms with Gasteiger partial charge in [-0.1, -0.05) is 23.8 Å². The van der Waals surface area contributed by atoms with Crippen molar-refractivity contribution in [2.75, 3.05) is 19.7 Å². The van der Waals surface area contributed by atoms with Gasteiger partial charge in [-0.05, 0) is 57.8 Å². The van der Waals surface area contributed by atoms with Gasteiger partial charge in [0.15, 0.2) is 0 Å². The number of carbonyl (C=O) groups excluding carboxylic acids is 1. The monoisotopic (exact) mass is 275 g/mol. The average Bonchev–Trinajstić information content (AvgIpc) is 2.43. The molecular formula is C17H25NO2. The second-order valence-corrected chi connectivity index (χ2v) is 5.73. The summed E-state index contributed by atoms with van der Waals surface area (Å²) in [5.41, 5.74) is 4.06. The van der Waals surface area contributed by atoms with Crippen LogP contribution >= 0.6 is 0 Å². The molecule has 2 rings (SSSR count). The number of hydrogen-bond acceptors (Lipinski definition) is 3. The number of likely N-dealkylation sites (tertiary alicyclic amines) is 1. The lowest BCUT2D eigenvalue weighted by atomic mass is 9.96. The molecule has 3 heteroatoms. The maximum atomic E-state index is 11.7. The molecule has 1 heterocycles. The van der Waals surface area contributed by atoms with Gasteiger partial charge in [0.25, 0.3) is 0 Å². The molecule has 1 fully saturated rings. The highest BCUT2D eigenvalue weighted by atomic mass is 16.5. The maximum Gasteiger partial charge on any atom is 0.309 e. The smallest absolute Gasteiger partial charge is 0.309 e. The van der Waals surface area contributed by atoms with Crippen LogP contribution in [0.4, 0.5) is 0 Å². The van der Waals surface area contributed by atoms with Crippen molar-refractivity contribution in [1.82, 2.24) is 4.90 Å². The molecule has 0 aromatic heterocycles. The third-order valence-corrected chi connectivity index (χ3v) is 4.10. The van der Waals surface area contributed by atoms with Gasteiger partial charge in [-0.3, -0.25) is 9.69 Å². The van der Waals surface area contributed by atoms with E-state index >= 15 is 0 Å². The third-order valence-electron chi connectivity index (χ3n) is 4.10. The molecule has 1 saturated heterocycles. The molecule has 0 unspecified atom stereocenters. The predicted octanol–water partition coefficient (Wildman–Crippen LogP) is 3.08. The lowest BCUT2D eigenvalue weighted by Gasteiger charge is -2.31. The molecule has 1 aliphatic rings. The van der Waals surface area contributed by atoms with Crippen molar-refractivity contribution in [3.63, 3.8) is 0 Å². The first-order valence-corrected chi connectivity index (χ1v) is 7.55. The first kappa shape index (κ1) is 15.0. The van der Waals surface area contributed by atoms with E-state index in [1.165, 1.54) is 16.7 Å². The summed E-state index contributed by atoms with van der Waals surface area (Å²) in [7, 11) is 0. The van der Waals surface area contributed by atoms with Crippen molar-refractivity contribution in [2.24, 2.45) is 5.92 Å². The summed E-state index contributed by atoms with van der Waals surface area (Å²) in [6.45, 7) is 9.61. The molecule has 0 spiro atoms. The molecule has 0 radical (unpaired) electrons. The Balaban J connectivity index is 1.86. The fraction of sp³-hybridized carbons (Fsp3) is 0.588. The van der Waals surface area contributed by atoms with Gasteiger partial charge in [-0.15, -0.1) is 0 Å². The number of piperidine rings is 1. The Morgan fingerprint density at radius 1 is 1.30 bits per heavy atom. The standard InChI is InChI=1S/C17H25NO2/c1-4-20-17(19)15-7-9-18(10-8-15)12-16-6-5-13(2)11-14(16)3/h5-6,11,15H,4,7-10,12H2,1-3H3. The Morgan fingerprint density at radius 2 is 2.00 bits per heavy atom. The van der Waals surface area contributed by atoms with Crippen molar-refractivity contribution in [3.05, 3.63) is 34.9 Å². The van der Waals surface area contributed by atoms with Crippen LogP contribution in [0.5, 0.6) is 0 Å². The summed E-state index contributed by atoms with van der Waals surface area (Å²) in [6.07, 6.45) is 1.84. The van der Waals surface area contributed by atoms with E-state index in [0.717, 1.165) is 32.5 Å². The zero-order valence-corrected chi connectivity index (χ0v) is 12.8. The van der Waals surface area contributed by atoms with E-state index in [4.69, 9.17) is 4.74 Å². The summed E-state index contributed by atoms with van der Waals surface area (Å²) in [5, 5.41) is 0. The number of rotatable bonds is 4. The number of nitrogens with zero attached hydrogens (tertiary/aromatic N) is 1. The summed E-state index contributed by atoms with van der Waals surface area (Å²) in [4.78, 5) is 14.2. The molecule has 0 N–H and O–H groups in total. The van der Waals surface area contributed by atoms with Crippen LogP contribution in [0.3, 0.4) is 0 Å². The van der Waals surface area contributed by atoms with Gasteiger partial charge in [0.2, 0.25) is 0 Å². The largest absolute Gasteiger partial charge is 0.466 e. The molecule has 0 bridgehead atoms. The van der Waals surface area contributed by atoms with Gasteiger partial charge >= 0.3 is 5.97 Å². The second-order valence-electron chi connectivity index (χ2n) is 5.73. The van der Waals surface area contributed by atoms with Crippen LogP contribution < -0.4 is 0 Å². The fourth-order valence-corrected chi connectivity index (χ4v) is 2.85. The second kappa shape index (κ2) is 6.89. The van der Waals surface area contributed by atoms with Crippen molar-refractivity contribution in [2.45, 2.75) is 40.2 Å². The average molecular weight is 275 g/mol. The van der Waals surface area contributed by atoms with Crippen molar-refractivity contribution in [1.29, 1.82) is 0 Å². The van der Waals surface area contributed by atoms with Crippen molar-refractivity contribution in [3.8, 4) is 0 Å². The Labute approximate surface area is 121 Å². The van der Waals surface area contributed by atoms with Crippen LogP contribution in [0.2, 0.25) is 0 Å². The van der Waals surface area contributed by atoms with Crippen LogP contribution in [0.15, 0.2) is 18.2 Å². The summed E-state index contributed by atoms with van der Waals surface area (Å²) in [5.74, 6) is 0.0870. The minimum Gasteiger partial charge on any atom is -0.466 e. The quantitative estimate of drug-likeness (QED) is 0.791. The molecule has 1 aromatic rings. The SMILES string of the molecule is CCOC(=O)C1CCN(Cc2ccc(C)cc2C)CC1. The Bertz CT molecular complexity index is 462. The Morgan fingerprint density at radius 3 is 2.60 bits per heavy atom. The number of hydrogen-bond donors (Lipinski definition) is 0. The van der Waals surface area contributed by atoms with Gasteiger partial charge < -0.3 is 4.74 Å². The summed E-state index contributed by atoms with van der Waals surface area (Å²) >= 11 is 0. The lowest BCUT2D eigenvalue weighted by Crippen LogP contribution is -2.36. The molecule has 0 saturated carbocycles. The van der Waals surface area contributed by atoms with Gasteiger partial charge in [0, 0.05) is 6.54 Å². The highest BCUT2D eigenvalue weighted by Gasteiger charge is 2.25. The van der Waals surface area contributed by atoms with Gasteiger partial charge in [0.1, 0.15) is 0 Å². The number of benzene rings is 1.